The van der Waals surface area contributed by atoms with E-state index in [9.17, 15) is 4.79 Å². The summed E-state index contributed by atoms with van der Waals surface area (Å²) in [5, 5.41) is 11.6. The zero-order chi connectivity index (χ0) is 21.0. The highest BCUT2D eigenvalue weighted by Gasteiger charge is 2.23. The van der Waals surface area contributed by atoms with E-state index >= 15 is 0 Å². The predicted molar refractivity (Wildman–Crippen MR) is 125 cm³/mol. The van der Waals surface area contributed by atoms with Crippen molar-refractivity contribution in [1.29, 1.82) is 0 Å². The lowest BCUT2D eigenvalue weighted by molar-refractivity contribution is 0.0957. The number of aliphatic imine (C=N–C) groups is 1. The zero-order valence-electron chi connectivity index (χ0n) is 17.8. The van der Waals surface area contributed by atoms with Crippen molar-refractivity contribution in [2.45, 2.75) is 32.2 Å². The zero-order valence-corrected chi connectivity index (χ0v) is 18.6. The summed E-state index contributed by atoms with van der Waals surface area (Å²) in [5.41, 5.74) is 1.33. The molecule has 1 aromatic heterocycles. The molecule has 0 saturated carbocycles. The minimum atomic E-state index is 0.00175. The van der Waals surface area contributed by atoms with Gasteiger partial charge in [-0.05, 0) is 56.3 Å². The van der Waals surface area contributed by atoms with Crippen LogP contribution in [0.4, 0.5) is 0 Å². The van der Waals surface area contributed by atoms with E-state index < -0.39 is 0 Å². The highest BCUT2D eigenvalue weighted by Crippen LogP contribution is 2.25. The predicted octanol–water partition coefficient (Wildman–Crippen LogP) is 3.26. The van der Waals surface area contributed by atoms with Crippen LogP contribution in [0.2, 0.25) is 0 Å². The monoisotopic (exact) mass is 427 g/mol. The number of thiophene rings is 1. The molecule has 0 bridgehead atoms. The smallest absolute Gasteiger partial charge is 0.261 e. The minimum Gasteiger partial charge on any atom is -0.357 e. The maximum atomic E-state index is 12.0. The Bertz CT molecular complexity index is 772. The van der Waals surface area contributed by atoms with E-state index in [-0.39, 0.29) is 5.91 Å². The average Bonchev–Trinajstić information content (AvgIpc) is 3.49. The molecule has 0 spiro atoms. The van der Waals surface area contributed by atoms with Crippen molar-refractivity contribution in [2.24, 2.45) is 4.99 Å². The van der Waals surface area contributed by atoms with Crippen molar-refractivity contribution in [3.05, 3.63) is 58.3 Å². The number of nitrogens with zero attached hydrogens (tertiary/aromatic N) is 2. The van der Waals surface area contributed by atoms with Gasteiger partial charge in [-0.3, -0.25) is 14.7 Å². The minimum absolute atomic E-state index is 0.00175. The van der Waals surface area contributed by atoms with Gasteiger partial charge in [-0.1, -0.05) is 36.4 Å². The molecule has 2 aromatic rings. The van der Waals surface area contributed by atoms with Gasteiger partial charge in [0, 0.05) is 19.6 Å². The van der Waals surface area contributed by atoms with Gasteiger partial charge in [0.2, 0.25) is 0 Å². The second-order valence-electron chi connectivity index (χ2n) is 7.40. The van der Waals surface area contributed by atoms with Gasteiger partial charge in [0.05, 0.1) is 17.5 Å². The van der Waals surface area contributed by atoms with Gasteiger partial charge in [-0.2, -0.15) is 0 Å². The molecular weight excluding hydrogens is 394 g/mol. The lowest BCUT2D eigenvalue weighted by Crippen LogP contribution is -2.39. The van der Waals surface area contributed by atoms with Crippen LogP contribution in [-0.4, -0.2) is 56.0 Å². The Morgan fingerprint density at radius 2 is 1.83 bits per heavy atom. The number of carbonyl (C=O) groups excluding carboxylic acids is 1. The number of rotatable bonds is 10. The number of likely N-dealkylation sites (tertiary alicyclic amines) is 1. The molecule has 1 aliphatic heterocycles. The molecule has 1 fully saturated rings. The van der Waals surface area contributed by atoms with Gasteiger partial charge >= 0.3 is 0 Å². The quantitative estimate of drug-likeness (QED) is 0.309. The van der Waals surface area contributed by atoms with Crippen LogP contribution in [0.3, 0.4) is 0 Å². The number of hydrogen-bond acceptors (Lipinski definition) is 4. The summed E-state index contributed by atoms with van der Waals surface area (Å²) in [6, 6.07) is 14.7. The lowest BCUT2D eigenvalue weighted by atomic mass is 10.1. The number of nitrogens with one attached hydrogen (secondary N) is 3. The molecule has 1 unspecified atom stereocenters. The van der Waals surface area contributed by atoms with Gasteiger partial charge in [-0.25, -0.2) is 0 Å². The summed E-state index contributed by atoms with van der Waals surface area (Å²) >= 11 is 1.46. The molecule has 7 heteroatoms. The van der Waals surface area contributed by atoms with Crippen LogP contribution in [0.5, 0.6) is 0 Å². The molecule has 6 nitrogen and oxygen atoms in total. The fourth-order valence-corrected chi connectivity index (χ4v) is 4.31. The topological polar surface area (TPSA) is 68.8 Å². The second kappa shape index (κ2) is 12.3. The fraction of sp³-hybridized carbons (Fsp3) is 0.478. The Morgan fingerprint density at radius 1 is 1.07 bits per heavy atom. The van der Waals surface area contributed by atoms with Crippen molar-refractivity contribution in [3.8, 4) is 0 Å². The Morgan fingerprint density at radius 3 is 2.53 bits per heavy atom. The number of benzene rings is 1. The molecule has 3 rings (SSSR count). The standard InChI is InChI=1S/C23H33N5OS/c1-2-24-23(26-14-9-13-25-22(29)21-12-8-17-30-21)27-18-20(28-15-6-7-16-28)19-10-4-3-5-11-19/h3-5,8,10-12,17,20H,2,6-7,9,13-16,18H2,1H3,(H,25,29)(H2,24,26,27). The first kappa shape index (κ1) is 22.3. The summed E-state index contributed by atoms with van der Waals surface area (Å²) in [6.07, 6.45) is 3.38. The Balaban J connectivity index is 1.49. The highest BCUT2D eigenvalue weighted by molar-refractivity contribution is 7.12. The van der Waals surface area contributed by atoms with Crippen LogP contribution in [0.1, 0.15) is 47.5 Å². The van der Waals surface area contributed by atoms with Gasteiger partial charge < -0.3 is 16.0 Å². The van der Waals surface area contributed by atoms with Crippen LogP contribution < -0.4 is 16.0 Å². The van der Waals surface area contributed by atoms with E-state index in [2.05, 4.69) is 58.1 Å². The summed E-state index contributed by atoms with van der Waals surface area (Å²) in [7, 11) is 0. The second-order valence-corrected chi connectivity index (χ2v) is 8.35. The van der Waals surface area contributed by atoms with Crippen LogP contribution in [-0.2, 0) is 0 Å². The van der Waals surface area contributed by atoms with Crippen molar-refractivity contribution >= 4 is 23.2 Å². The van der Waals surface area contributed by atoms with Crippen molar-refractivity contribution in [1.82, 2.24) is 20.9 Å². The molecule has 2 heterocycles. The highest BCUT2D eigenvalue weighted by atomic mass is 32.1. The molecule has 1 aromatic carbocycles. The Hall–Kier alpha value is -2.38. The van der Waals surface area contributed by atoms with Gasteiger partial charge in [0.25, 0.3) is 5.91 Å². The molecule has 3 N–H and O–H groups in total. The third-order valence-electron chi connectivity index (χ3n) is 5.21. The average molecular weight is 428 g/mol. The first-order chi connectivity index (χ1) is 14.8. The first-order valence-corrected chi connectivity index (χ1v) is 11.8. The third kappa shape index (κ3) is 6.85. The van der Waals surface area contributed by atoms with E-state index in [1.54, 1.807) is 0 Å². The van der Waals surface area contributed by atoms with E-state index in [4.69, 9.17) is 4.99 Å². The number of carbonyl (C=O) groups is 1. The SMILES string of the molecule is CCNC(=NCC(c1ccccc1)N1CCCC1)NCCCNC(=O)c1cccs1. The van der Waals surface area contributed by atoms with E-state index in [1.807, 2.05) is 17.5 Å². The van der Waals surface area contributed by atoms with Crippen LogP contribution in [0.15, 0.2) is 52.8 Å². The maximum Gasteiger partial charge on any atom is 0.261 e. The summed E-state index contributed by atoms with van der Waals surface area (Å²) in [6.45, 7) is 7.31. The van der Waals surface area contributed by atoms with Crippen molar-refractivity contribution < 1.29 is 4.79 Å². The molecule has 0 aliphatic carbocycles. The normalized spacial score (nSPS) is 15.7. The molecule has 1 amide bonds. The molecule has 162 valence electrons. The van der Waals surface area contributed by atoms with Gasteiger partial charge in [0.1, 0.15) is 0 Å². The van der Waals surface area contributed by atoms with Crippen molar-refractivity contribution in [3.63, 3.8) is 0 Å². The summed E-state index contributed by atoms with van der Waals surface area (Å²) < 4.78 is 0. The Labute approximate surface area is 183 Å². The number of guanidine groups is 1. The van der Waals surface area contributed by atoms with Crippen LogP contribution in [0, 0.1) is 0 Å². The third-order valence-corrected chi connectivity index (χ3v) is 6.08. The summed E-state index contributed by atoms with van der Waals surface area (Å²) in [4.78, 5) is 20.2. The van der Waals surface area contributed by atoms with Crippen LogP contribution in [0.25, 0.3) is 0 Å². The van der Waals surface area contributed by atoms with Gasteiger partial charge in [0.15, 0.2) is 5.96 Å². The number of amides is 1. The molecular formula is C23H33N5OS. The Kier molecular flexibility index (Phi) is 9.18. The molecule has 0 radical (unpaired) electrons. The van der Waals surface area contributed by atoms with Crippen LogP contribution >= 0.6 is 11.3 Å². The van der Waals surface area contributed by atoms with Crippen molar-refractivity contribution in [2.75, 3.05) is 39.3 Å². The molecule has 30 heavy (non-hydrogen) atoms. The van der Waals surface area contributed by atoms with E-state index in [1.165, 1.54) is 29.7 Å². The number of hydrogen-bond donors (Lipinski definition) is 3. The molecule has 1 saturated heterocycles. The van der Waals surface area contributed by atoms with E-state index in [0.717, 1.165) is 50.0 Å². The first-order valence-electron chi connectivity index (χ1n) is 10.9. The molecule has 1 aliphatic rings. The van der Waals surface area contributed by atoms with E-state index in [0.29, 0.717) is 12.6 Å². The molecule has 1 atom stereocenters. The largest absolute Gasteiger partial charge is 0.357 e. The summed E-state index contributed by atoms with van der Waals surface area (Å²) in [5.74, 6) is 0.837. The van der Waals surface area contributed by atoms with Gasteiger partial charge in [-0.15, -0.1) is 11.3 Å². The fourth-order valence-electron chi connectivity index (χ4n) is 3.67. The maximum absolute atomic E-state index is 12.0. The lowest BCUT2D eigenvalue weighted by Gasteiger charge is -2.27.